The van der Waals surface area contributed by atoms with E-state index < -0.39 is 0 Å². The second-order valence-corrected chi connectivity index (χ2v) is 6.64. The Morgan fingerprint density at radius 1 is 1.38 bits per heavy atom. The maximum absolute atomic E-state index is 11.9. The van der Waals surface area contributed by atoms with Crippen LogP contribution in [0.15, 0.2) is 28.7 Å². The van der Waals surface area contributed by atoms with Gasteiger partial charge in [-0.2, -0.15) is 0 Å². The van der Waals surface area contributed by atoms with Crippen molar-refractivity contribution >= 4 is 21.8 Å². The Balaban J connectivity index is 2.00. The van der Waals surface area contributed by atoms with Crippen molar-refractivity contribution in [1.82, 2.24) is 10.2 Å². The number of nitrogens with zero attached hydrogens (tertiary/aromatic N) is 1. The third-order valence-electron chi connectivity index (χ3n) is 4.27. The number of benzene rings is 1. The first-order valence-electron chi connectivity index (χ1n) is 7.55. The quantitative estimate of drug-likeness (QED) is 0.824. The number of hydrogen-bond acceptors (Lipinski definition) is 3. The molecule has 1 amide bonds. The van der Waals surface area contributed by atoms with Gasteiger partial charge in [0.05, 0.1) is 0 Å². The Labute approximate surface area is 135 Å². The minimum Gasteiger partial charge on any atom is -0.368 e. The van der Waals surface area contributed by atoms with Crippen molar-refractivity contribution in [2.75, 3.05) is 26.7 Å². The minimum absolute atomic E-state index is 0.258. The number of nitrogens with two attached hydrogens (primary N) is 1. The number of nitrogens with one attached hydrogen (secondary N) is 1. The van der Waals surface area contributed by atoms with E-state index in [0.29, 0.717) is 0 Å². The molecule has 1 aromatic rings. The van der Waals surface area contributed by atoms with Crippen LogP contribution in [-0.4, -0.2) is 37.5 Å². The van der Waals surface area contributed by atoms with Crippen LogP contribution in [0.2, 0.25) is 0 Å². The van der Waals surface area contributed by atoms with Crippen molar-refractivity contribution < 1.29 is 4.79 Å². The van der Waals surface area contributed by atoms with E-state index in [0.717, 1.165) is 48.4 Å². The van der Waals surface area contributed by atoms with Gasteiger partial charge in [0, 0.05) is 4.47 Å². The fourth-order valence-corrected chi connectivity index (χ4v) is 3.31. The molecule has 1 atom stereocenters. The van der Waals surface area contributed by atoms with Gasteiger partial charge in [-0.3, -0.25) is 9.69 Å². The number of halogens is 1. The maximum atomic E-state index is 11.9. The Morgan fingerprint density at radius 2 is 2.00 bits per heavy atom. The van der Waals surface area contributed by atoms with Gasteiger partial charge >= 0.3 is 0 Å². The van der Waals surface area contributed by atoms with Gasteiger partial charge in [0.1, 0.15) is 6.04 Å². The number of carbonyl (C=O) groups is 1. The molecular weight excluding hydrogens is 330 g/mol. The van der Waals surface area contributed by atoms with Crippen LogP contribution in [0.5, 0.6) is 0 Å². The first-order chi connectivity index (χ1) is 10.1. The molecule has 0 aliphatic carbocycles. The minimum atomic E-state index is -0.302. The summed E-state index contributed by atoms with van der Waals surface area (Å²) >= 11 is 3.42. The van der Waals surface area contributed by atoms with Crippen LogP contribution in [-0.2, 0) is 4.79 Å². The lowest BCUT2D eigenvalue weighted by molar-refractivity contribution is -0.124. The topological polar surface area (TPSA) is 58.4 Å². The smallest absolute Gasteiger partial charge is 0.239 e. The SMILES string of the molecule is CNCCC1CCN(C(C(N)=O)c2ccc(Br)cc2)CC1. The number of amides is 1. The van der Waals surface area contributed by atoms with Crippen molar-refractivity contribution in [1.29, 1.82) is 0 Å². The summed E-state index contributed by atoms with van der Waals surface area (Å²) in [6, 6.07) is 7.58. The standard InChI is InChI=1S/C16H24BrN3O/c1-19-9-6-12-7-10-20(11-8-12)15(16(18)21)13-2-4-14(17)5-3-13/h2-5,12,15,19H,6-11H2,1H3,(H2,18,21). The van der Waals surface area contributed by atoms with Gasteiger partial charge in [-0.1, -0.05) is 28.1 Å². The number of hydrogen-bond donors (Lipinski definition) is 2. The number of likely N-dealkylation sites (tertiary alicyclic amines) is 1. The van der Waals surface area contributed by atoms with E-state index in [9.17, 15) is 4.79 Å². The molecule has 0 aromatic heterocycles. The van der Waals surface area contributed by atoms with Gasteiger partial charge in [-0.25, -0.2) is 0 Å². The highest BCUT2D eigenvalue weighted by atomic mass is 79.9. The van der Waals surface area contributed by atoms with Gasteiger partial charge < -0.3 is 11.1 Å². The van der Waals surface area contributed by atoms with Crippen molar-refractivity contribution in [2.45, 2.75) is 25.3 Å². The van der Waals surface area contributed by atoms with Gasteiger partial charge in [0.2, 0.25) is 5.91 Å². The molecule has 1 aromatic carbocycles. The molecule has 4 nitrogen and oxygen atoms in total. The molecule has 0 bridgehead atoms. The van der Waals surface area contributed by atoms with Crippen LogP contribution in [0.25, 0.3) is 0 Å². The first-order valence-corrected chi connectivity index (χ1v) is 8.34. The monoisotopic (exact) mass is 353 g/mol. The Morgan fingerprint density at radius 3 is 2.52 bits per heavy atom. The van der Waals surface area contributed by atoms with Gasteiger partial charge in [-0.15, -0.1) is 0 Å². The molecule has 1 aliphatic rings. The van der Waals surface area contributed by atoms with Crippen molar-refractivity contribution in [2.24, 2.45) is 11.7 Å². The lowest BCUT2D eigenvalue weighted by atomic mass is 9.91. The second kappa shape index (κ2) is 7.92. The van der Waals surface area contributed by atoms with Crippen molar-refractivity contribution in [3.8, 4) is 0 Å². The zero-order chi connectivity index (χ0) is 15.2. The van der Waals surface area contributed by atoms with Crippen LogP contribution in [0.3, 0.4) is 0 Å². The molecule has 0 spiro atoms. The molecule has 1 unspecified atom stereocenters. The molecule has 0 radical (unpaired) electrons. The van der Waals surface area contributed by atoms with Crippen molar-refractivity contribution in [3.63, 3.8) is 0 Å². The highest BCUT2D eigenvalue weighted by molar-refractivity contribution is 9.10. The number of carbonyl (C=O) groups excluding carboxylic acids is 1. The molecule has 1 heterocycles. The highest BCUT2D eigenvalue weighted by Gasteiger charge is 2.29. The second-order valence-electron chi connectivity index (χ2n) is 5.73. The summed E-state index contributed by atoms with van der Waals surface area (Å²) in [7, 11) is 1.99. The van der Waals surface area contributed by atoms with Crippen LogP contribution >= 0.6 is 15.9 Å². The summed E-state index contributed by atoms with van der Waals surface area (Å²) in [4.78, 5) is 14.1. The summed E-state index contributed by atoms with van der Waals surface area (Å²) in [6.07, 6.45) is 3.49. The van der Waals surface area contributed by atoms with E-state index in [1.54, 1.807) is 0 Å². The molecule has 116 valence electrons. The lowest BCUT2D eigenvalue weighted by Gasteiger charge is -2.36. The summed E-state index contributed by atoms with van der Waals surface area (Å²) in [5.74, 6) is 0.498. The first kappa shape index (κ1) is 16.5. The zero-order valence-corrected chi connectivity index (χ0v) is 14.1. The highest BCUT2D eigenvalue weighted by Crippen LogP contribution is 2.28. The fourth-order valence-electron chi connectivity index (χ4n) is 3.05. The zero-order valence-electron chi connectivity index (χ0n) is 12.5. The lowest BCUT2D eigenvalue weighted by Crippen LogP contribution is -2.42. The molecule has 21 heavy (non-hydrogen) atoms. The number of piperidine rings is 1. The Kier molecular flexibility index (Phi) is 6.21. The van der Waals surface area contributed by atoms with E-state index in [1.165, 1.54) is 6.42 Å². The normalized spacial score (nSPS) is 18.6. The maximum Gasteiger partial charge on any atom is 0.239 e. The molecule has 3 N–H and O–H groups in total. The number of rotatable bonds is 6. The molecule has 5 heteroatoms. The third-order valence-corrected chi connectivity index (χ3v) is 4.80. The van der Waals surface area contributed by atoms with Crippen LogP contribution in [0.1, 0.15) is 30.9 Å². The van der Waals surface area contributed by atoms with E-state index in [2.05, 4.69) is 26.1 Å². The molecule has 0 saturated carbocycles. The number of primary amides is 1. The van der Waals surface area contributed by atoms with Gasteiger partial charge in [0.15, 0.2) is 0 Å². The molecular formula is C16H24BrN3O. The average molecular weight is 354 g/mol. The Hall–Kier alpha value is -0.910. The third kappa shape index (κ3) is 4.53. The molecule has 1 saturated heterocycles. The summed E-state index contributed by atoms with van der Waals surface area (Å²) in [5.41, 5.74) is 6.64. The predicted octanol–water partition coefficient (Wildman–Crippen LogP) is 2.30. The molecule has 2 rings (SSSR count). The van der Waals surface area contributed by atoms with Crippen molar-refractivity contribution in [3.05, 3.63) is 34.3 Å². The van der Waals surface area contributed by atoms with Gasteiger partial charge in [0.25, 0.3) is 0 Å². The van der Waals surface area contributed by atoms with E-state index in [1.807, 2.05) is 31.3 Å². The fraction of sp³-hybridized carbons (Fsp3) is 0.562. The largest absolute Gasteiger partial charge is 0.368 e. The van der Waals surface area contributed by atoms with Crippen LogP contribution in [0.4, 0.5) is 0 Å². The van der Waals surface area contributed by atoms with E-state index >= 15 is 0 Å². The van der Waals surface area contributed by atoms with Crippen LogP contribution in [0, 0.1) is 5.92 Å². The summed E-state index contributed by atoms with van der Waals surface area (Å²) < 4.78 is 1.01. The predicted molar refractivity (Wildman–Crippen MR) is 88.9 cm³/mol. The Bertz CT molecular complexity index is 455. The molecule has 1 fully saturated rings. The van der Waals surface area contributed by atoms with E-state index in [4.69, 9.17) is 5.73 Å². The van der Waals surface area contributed by atoms with E-state index in [-0.39, 0.29) is 11.9 Å². The van der Waals surface area contributed by atoms with Crippen LogP contribution < -0.4 is 11.1 Å². The van der Waals surface area contributed by atoms with Gasteiger partial charge in [-0.05, 0) is 69.6 Å². The summed E-state index contributed by atoms with van der Waals surface area (Å²) in [5, 5.41) is 3.21. The average Bonchev–Trinajstić information content (AvgIpc) is 2.48. The molecule has 1 aliphatic heterocycles. The summed E-state index contributed by atoms with van der Waals surface area (Å²) in [6.45, 7) is 2.95.